The molecule has 0 aromatic heterocycles. The largest absolute Gasteiger partial charge is 0.497 e. The van der Waals surface area contributed by atoms with Gasteiger partial charge < -0.3 is 15.2 Å². The van der Waals surface area contributed by atoms with Gasteiger partial charge in [0.15, 0.2) is 0 Å². The molecule has 5 heteroatoms. The normalized spacial score (nSPS) is 11.7. The van der Waals surface area contributed by atoms with E-state index >= 15 is 0 Å². The number of hydrogen-bond donors (Lipinski definition) is 2. The molecular weight excluding hydrogens is 258 g/mol. The molecule has 1 atom stereocenters. The van der Waals surface area contributed by atoms with E-state index in [1.54, 1.807) is 19.2 Å². The molecule has 1 aromatic carbocycles. The van der Waals surface area contributed by atoms with Crippen LogP contribution in [0.1, 0.15) is 25.3 Å². The summed E-state index contributed by atoms with van der Waals surface area (Å²) >= 11 is 0. The third-order valence-corrected chi connectivity index (χ3v) is 3.06. The molecule has 0 fully saturated rings. The van der Waals surface area contributed by atoms with Gasteiger partial charge in [-0.1, -0.05) is 25.5 Å². The molecular formula is C15H21NO4. The van der Waals surface area contributed by atoms with Crippen LogP contribution in [0.2, 0.25) is 0 Å². The number of carbonyl (C=O) groups excluding carboxylic acids is 1. The van der Waals surface area contributed by atoms with Gasteiger partial charge in [0.05, 0.1) is 19.4 Å². The lowest BCUT2D eigenvalue weighted by Crippen LogP contribution is -2.33. The van der Waals surface area contributed by atoms with Crippen LogP contribution >= 0.6 is 0 Å². The topological polar surface area (TPSA) is 75.6 Å². The van der Waals surface area contributed by atoms with Gasteiger partial charge in [-0.2, -0.15) is 0 Å². The third kappa shape index (κ3) is 5.30. The molecule has 1 rings (SSSR count). The molecule has 1 unspecified atom stereocenters. The number of aliphatic carboxylic acids is 1. The number of carboxylic acid groups (broad SMARTS) is 1. The highest BCUT2D eigenvalue weighted by Gasteiger charge is 2.17. The summed E-state index contributed by atoms with van der Waals surface area (Å²) in [6, 6.07) is 7.22. The third-order valence-electron chi connectivity index (χ3n) is 3.06. The zero-order valence-electron chi connectivity index (χ0n) is 11.9. The number of rotatable bonds is 8. The molecule has 20 heavy (non-hydrogen) atoms. The van der Waals surface area contributed by atoms with Crippen LogP contribution in [0.25, 0.3) is 0 Å². The summed E-state index contributed by atoms with van der Waals surface area (Å²) in [4.78, 5) is 22.7. The van der Waals surface area contributed by atoms with E-state index in [0.717, 1.165) is 17.7 Å². The van der Waals surface area contributed by atoms with E-state index in [-0.39, 0.29) is 18.9 Å². The zero-order valence-corrected chi connectivity index (χ0v) is 11.9. The van der Waals surface area contributed by atoms with Gasteiger partial charge in [0.1, 0.15) is 5.75 Å². The Morgan fingerprint density at radius 2 is 1.95 bits per heavy atom. The molecule has 0 aliphatic carbocycles. The maximum Gasteiger partial charge on any atom is 0.308 e. The van der Waals surface area contributed by atoms with Gasteiger partial charge >= 0.3 is 5.97 Å². The van der Waals surface area contributed by atoms with Gasteiger partial charge in [-0.25, -0.2) is 0 Å². The Bertz CT molecular complexity index is 442. The Labute approximate surface area is 118 Å². The summed E-state index contributed by atoms with van der Waals surface area (Å²) in [6.07, 6.45) is 1.59. The predicted octanol–water partition coefficient (Wildman–Crippen LogP) is 1.85. The minimum atomic E-state index is -0.864. The highest BCUT2D eigenvalue weighted by atomic mass is 16.5. The summed E-state index contributed by atoms with van der Waals surface area (Å²) in [7, 11) is 1.58. The van der Waals surface area contributed by atoms with Crippen molar-refractivity contribution in [3.63, 3.8) is 0 Å². The van der Waals surface area contributed by atoms with Crippen molar-refractivity contribution in [2.45, 2.75) is 26.2 Å². The SMILES string of the molecule is CCCC(CNC(=O)Cc1ccc(OC)cc1)C(=O)O. The molecule has 0 aliphatic heterocycles. The van der Waals surface area contributed by atoms with Crippen LogP contribution in [0.15, 0.2) is 24.3 Å². The summed E-state index contributed by atoms with van der Waals surface area (Å²) in [5.41, 5.74) is 0.866. The Kier molecular flexibility index (Phi) is 6.56. The van der Waals surface area contributed by atoms with Crippen LogP contribution < -0.4 is 10.1 Å². The zero-order chi connectivity index (χ0) is 15.0. The van der Waals surface area contributed by atoms with Crippen LogP contribution in [0.5, 0.6) is 5.75 Å². The van der Waals surface area contributed by atoms with Gasteiger partial charge in [0.25, 0.3) is 0 Å². The quantitative estimate of drug-likeness (QED) is 0.761. The fraction of sp³-hybridized carbons (Fsp3) is 0.467. The molecule has 0 radical (unpaired) electrons. The van der Waals surface area contributed by atoms with E-state index in [1.807, 2.05) is 19.1 Å². The first-order valence-corrected chi connectivity index (χ1v) is 6.69. The predicted molar refractivity (Wildman–Crippen MR) is 75.7 cm³/mol. The number of methoxy groups -OCH3 is 1. The number of hydrogen-bond acceptors (Lipinski definition) is 3. The lowest BCUT2D eigenvalue weighted by atomic mass is 10.0. The fourth-order valence-electron chi connectivity index (χ4n) is 1.89. The first-order chi connectivity index (χ1) is 9.56. The second kappa shape index (κ2) is 8.19. The number of carbonyl (C=O) groups is 2. The second-order valence-electron chi connectivity index (χ2n) is 4.65. The molecule has 0 heterocycles. The molecule has 110 valence electrons. The Balaban J connectivity index is 2.44. The summed E-state index contributed by atoms with van der Waals surface area (Å²) < 4.78 is 5.04. The molecule has 5 nitrogen and oxygen atoms in total. The maximum absolute atomic E-state index is 11.8. The van der Waals surface area contributed by atoms with Gasteiger partial charge in [0.2, 0.25) is 5.91 Å². The van der Waals surface area contributed by atoms with Crippen molar-refractivity contribution in [2.75, 3.05) is 13.7 Å². The second-order valence-corrected chi connectivity index (χ2v) is 4.65. The minimum Gasteiger partial charge on any atom is -0.497 e. The molecule has 0 aliphatic rings. The van der Waals surface area contributed by atoms with Crippen LogP contribution in [0.3, 0.4) is 0 Å². The number of benzene rings is 1. The molecule has 0 bridgehead atoms. The Hall–Kier alpha value is -2.04. The van der Waals surface area contributed by atoms with Crippen molar-refractivity contribution in [3.05, 3.63) is 29.8 Å². The lowest BCUT2D eigenvalue weighted by Gasteiger charge is -2.12. The van der Waals surface area contributed by atoms with E-state index in [0.29, 0.717) is 6.42 Å². The van der Waals surface area contributed by atoms with Crippen molar-refractivity contribution in [1.29, 1.82) is 0 Å². The number of carboxylic acids is 1. The van der Waals surface area contributed by atoms with Gasteiger partial charge in [0, 0.05) is 6.54 Å². The molecule has 1 amide bonds. The van der Waals surface area contributed by atoms with Crippen molar-refractivity contribution < 1.29 is 19.4 Å². The molecule has 0 saturated carbocycles. The summed E-state index contributed by atoms with van der Waals surface area (Å²) in [6.45, 7) is 2.10. The first-order valence-electron chi connectivity index (χ1n) is 6.69. The maximum atomic E-state index is 11.8. The lowest BCUT2D eigenvalue weighted by molar-refractivity contribution is -0.141. The highest BCUT2D eigenvalue weighted by molar-refractivity contribution is 5.79. The number of amides is 1. The first kappa shape index (κ1) is 16.0. The van der Waals surface area contributed by atoms with E-state index in [9.17, 15) is 9.59 Å². The number of ether oxygens (including phenoxy) is 1. The van der Waals surface area contributed by atoms with E-state index in [4.69, 9.17) is 9.84 Å². The van der Waals surface area contributed by atoms with E-state index < -0.39 is 11.9 Å². The van der Waals surface area contributed by atoms with Crippen LogP contribution in [0, 0.1) is 5.92 Å². The van der Waals surface area contributed by atoms with E-state index in [2.05, 4.69) is 5.32 Å². The van der Waals surface area contributed by atoms with Gasteiger partial charge in [-0.15, -0.1) is 0 Å². The molecule has 0 spiro atoms. The van der Waals surface area contributed by atoms with Crippen molar-refractivity contribution in [3.8, 4) is 5.75 Å². The Morgan fingerprint density at radius 1 is 1.30 bits per heavy atom. The van der Waals surface area contributed by atoms with Gasteiger partial charge in [-0.3, -0.25) is 9.59 Å². The Morgan fingerprint density at radius 3 is 2.45 bits per heavy atom. The van der Waals surface area contributed by atoms with Crippen molar-refractivity contribution >= 4 is 11.9 Å². The van der Waals surface area contributed by atoms with Crippen molar-refractivity contribution in [2.24, 2.45) is 5.92 Å². The van der Waals surface area contributed by atoms with Crippen LogP contribution in [-0.4, -0.2) is 30.6 Å². The smallest absolute Gasteiger partial charge is 0.308 e. The van der Waals surface area contributed by atoms with Crippen molar-refractivity contribution in [1.82, 2.24) is 5.32 Å². The fourth-order valence-corrected chi connectivity index (χ4v) is 1.89. The molecule has 0 saturated heterocycles. The summed E-state index contributed by atoms with van der Waals surface area (Å²) in [5.74, 6) is -0.808. The summed E-state index contributed by atoms with van der Waals surface area (Å²) in [5, 5.41) is 11.7. The molecule has 2 N–H and O–H groups in total. The van der Waals surface area contributed by atoms with Crippen LogP contribution in [0.4, 0.5) is 0 Å². The van der Waals surface area contributed by atoms with Gasteiger partial charge in [-0.05, 0) is 24.1 Å². The average Bonchev–Trinajstić information content (AvgIpc) is 2.44. The van der Waals surface area contributed by atoms with Crippen LogP contribution in [-0.2, 0) is 16.0 Å². The van der Waals surface area contributed by atoms with E-state index in [1.165, 1.54) is 0 Å². The highest BCUT2D eigenvalue weighted by Crippen LogP contribution is 2.11. The monoisotopic (exact) mass is 279 g/mol. The standard InChI is InChI=1S/C15H21NO4/c1-3-4-12(15(18)19)10-16-14(17)9-11-5-7-13(20-2)8-6-11/h5-8,12H,3-4,9-10H2,1-2H3,(H,16,17)(H,18,19). The number of nitrogens with one attached hydrogen (secondary N) is 1. The minimum absolute atomic E-state index is 0.169. The molecule has 1 aromatic rings. The average molecular weight is 279 g/mol.